The summed E-state index contributed by atoms with van der Waals surface area (Å²) in [5.74, 6) is -0.436. The van der Waals surface area contributed by atoms with E-state index in [0.717, 1.165) is 12.1 Å². The predicted molar refractivity (Wildman–Crippen MR) is 48.6 cm³/mol. The second-order valence-corrected chi connectivity index (χ2v) is 2.63. The van der Waals surface area contributed by atoms with E-state index in [0.29, 0.717) is 0 Å². The maximum Gasteiger partial charge on any atom is 0.573 e. The Morgan fingerprint density at radius 1 is 1.38 bits per heavy atom. The zero-order valence-corrected chi connectivity index (χ0v) is 7.88. The molecule has 1 radical (unpaired) electrons. The van der Waals surface area contributed by atoms with Gasteiger partial charge in [0.15, 0.2) is 0 Å². The Hall–Kier alpha value is -1.92. The number of hydrogen-bond acceptors (Lipinski definition) is 3. The Balaban J connectivity index is 2.75. The summed E-state index contributed by atoms with van der Waals surface area (Å²) in [6.45, 7) is 0. The van der Waals surface area contributed by atoms with Crippen LogP contribution in [0.5, 0.6) is 5.75 Å². The number of anilines is 1. The third-order valence-electron chi connectivity index (χ3n) is 1.45. The maximum atomic E-state index is 11.9. The second kappa shape index (κ2) is 4.73. The van der Waals surface area contributed by atoms with Gasteiger partial charge in [0, 0.05) is 11.8 Å². The van der Waals surface area contributed by atoms with Crippen molar-refractivity contribution in [2.75, 3.05) is 5.32 Å². The molecule has 1 N–H and O–H groups in total. The first-order valence-electron chi connectivity index (χ1n) is 3.99. The number of alkyl halides is 3. The largest absolute Gasteiger partial charge is 0.573 e. The molecule has 0 bridgehead atoms. The van der Waals surface area contributed by atoms with Gasteiger partial charge in [-0.05, 0) is 12.1 Å². The van der Waals surface area contributed by atoms with E-state index in [1.807, 2.05) is 0 Å². The number of carbonyl (C=O) groups is 1. The van der Waals surface area contributed by atoms with Gasteiger partial charge in [0.2, 0.25) is 0 Å². The van der Waals surface area contributed by atoms with Crippen LogP contribution < -0.4 is 10.1 Å². The Morgan fingerprint density at radius 3 is 2.62 bits per heavy atom. The molecule has 87 valence electrons. The third kappa shape index (κ3) is 4.07. The summed E-state index contributed by atoms with van der Waals surface area (Å²) in [6.07, 6.45) is -5.66. The van der Waals surface area contributed by atoms with E-state index in [1.165, 1.54) is 12.1 Å². The van der Waals surface area contributed by atoms with Crippen LogP contribution in [0.2, 0.25) is 0 Å². The second-order valence-electron chi connectivity index (χ2n) is 2.63. The van der Waals surface area contributed by atoms with Crippen molar-refractivity contribution in [3.8, 4) is 5.75 Å². The Kier molecular flexibility index (Phi) is 3.60. The van der Waals surface area contributed by atoms with Gasteiger partial charge in [0.25, 0.3) is 0 Å². The van der Waals surface area contributed by atoms with E-state index in [-0.39, 0.29) is 5.69 Å². The molecular formula is C9H7F3NO3. The molecule has 0 aliphatic heterocycles. The van der Waals surface area contributed by atoms with E-state index < -0.39 is 18.2 Å². The Bertz CT molecular complexity index is 379. The molecule has 16 heavy (non-hydrogen) atoms. The minimum absolute atomic E-state index is 0.107. The molecule has 0 saturated heterocycles. The molecule has 0 saturated carbocycles. The highest BCUT2D eigenvalue weighted by Gasteiger charge is 2.31. The number of benzene rings is 1. The summed E-state index contributed by atoms with van der Waals surface area (Å²) in [6, 6.07) is 4.78. The van der Waals surface area contributed by atoms with Crippen LogP contribution in [0.15, 0.2) is 24.3 Å². The highest BCUT2D eigenvalue weighted by atomic mass is 19.4. The average Bonchev–Trinajstić information content (AvgIpc) is 2.15. The fourth-order valence-electron chi connectivity index (χ4n) is 0.925. The minimum Gasteiger partial charge on any atom is -0.446 e. The average molecular weight is 234 g/mol. The van der Waals surface area contributed by atoms with E-state index >= 15 is 0 Å². The van der Waals surface area contributed by atoms with Crippen LogP contribution in [-0.2, 0) is 4.74 Å². The summed E-state index contributed by atoms with van der Waals surface area (Å²) in [4.78, 5) is 10.7. The molecular weight excluding hydrogens is 227 g/mol. The van der Waals surface area contributed by atoms with E-state index in [9.17, 15) is 18.0 Å². The molecule has 0 heterocycles. The summed E-state index contributed by atoms with van der Waals surface area (Å²) < 4.78 is 43.3. The molecule has 4 nitrogen and oxygen atoms in total. The van der Waals surface area contributed by atoms with Gasteiger partial charge in [-0.15, -0.1) is 13.2 Å². The van der Waals surface area contributed by atoms with Crippen LogP contribution in [0.1, 0.15) is 0 Å². The number of halogens is 3. The van der Waals surface area contributed by atoms with Gasteiger partial charge >= 0.3 is 12.5 Å². The third-order valence-corrected chi connectivity index (χ3v) is 1.45. The standard InChI is InChI=1S/C9H7F3NO3/c1-15-8(14)13-6-3-2-4-7(5-6)16-9(10,11)12/h2-5H,1H2,(H,13,14). The summed E-state index contributed by atoms with van der Waals surface area (Å²) in [7, 11) is 2.84. The summed E-state index contributed by atoms with van der Waals surface area (Å²) in [5, 5.41) is 2.15. The van der Waals surface area contributed by atoms with Crippen molar-refractivity contribution in [2.45, 2.75) is 6.36 Å². The Morgan fingerprint density at radius 2 is 2.06 bits per heavy atom. The number of hydrogen-bond donors (Lipinski definition) is 1. The lowest BCUT2D eigenvalue weighted by atomic mass is 10.3. The lowest BCUT2D eigenvalue weighted by Crippen LogP contribution is -2.17. The molecule has 1 rings (SSSR count). The first-order chi connectivity index (χ1) is 7.40. The highest BCUT2D eigenvalue weighted by molar-refractivity contribution is 5.84. The van der Waals surface area contributed by atoms with Crippen LogP contribution in [-0.4, -0.2) is 12.5 Å². The molecule has 0 unspecified atom stereocenters. The topological polar surface area (TPSA) is 47.6 Å². The maximum absolute atomic E-state index is 11.9. The molecule has 0 spiro atoms. The number of nitrogens with one attached hydrogen (secondary N) is 1. The number of carbonyl (C=O) groups excluding carboxylic acids is 1. The summed E-state index contributed by atoms with van der Waals surface area (Å²) in [5.41, 5.74) is 0.107. The van der Waals surface area contributed by atoms with Crippen molar-refractivity contribution in [2.24, 2.45) is 0 Å². The van der Waals surface area contributed by atoms with Crippen LogP contribution in [0, 0.1) is 7.11 Å². The van der Waals surface area contributed by atoms with E-state index in [2.05, 4.69) is 21.9 Å². The molecule has 1 amide bonds. The zero-order valence-electron chi connectivity index (χ0n) is 7.88. The lowest BCUT2D eigenvalue weighted by molar-refractivity contribution is -0.274. The van der Waals surface area contributed by atoms with Gasteiger partial charge in [0.05, 0.1) is 0 Å². The molecule has 1 aromatic carbocycles. The minimum atomic E-state index is -4.77. The quantitative estimate of drug-likeness (QED) is 0.855. The van der Waals surface area contributed by atoms with Gasteiger partial charge in [-0.25, -0.2) is 4.79 Å². The van der Waals surface area contributed by atoms with Crippen molar-refractivity contribution in [1.82, 2.24) is 0 Å². The monoisotopic (exact) mass is 234 g/mol. The van der Waals surface area contributed by atoms with E-state index in [1.54, 1.807) is 0 Å². The first-order valence-corrected chi connectivity index (χ1v) is 3.99. The normalized spacial score (nSPS) is 10.8. The molecule has 0 aliphatic rings. The fraction of sp³-hybridized carbons (Fsp3) is 0.111. The summed E-state index contributed by atoms with van der Waals surface area (Å²) >= 11 is 0. The Labute approximate surface area is 89.0 Å². The van der Waals surface area contributed by atoms with Gasteiger partial charge < -0.3 is 9.47 Å². The lowest BCUT2D eigenvalue weighted by Gasteiger charge is -2.10. The molecule has 1 aromatic rings. The number of rotatable bonds is 2. The predicted octanol–water partition coefficient (Wildman–Crippen LogP) is 2.93. The van der Waals surface area contributed by atoms with Gasteiger partial charge in [0.1, 0.15) is 12.9 Å². The van der Waals surface area contributed by atoms with Crippen molar-refractivity contribution >= 4 is 11.8 Å². The van der Waals surface area contributed by atoms with Crippen LogP contribution >= 0.6 is 0 Å². The van der Waals surface area contributed by atoms with Crippen molar-refractivity contribution in [3.63, 3.8) is 0 Å². The van der Waals surface area contributed by atoms with E-state index in [4.69, 9.17) is 0 Å². The van der Waals surface area contributed by atoms with Crippen molar-refractivity contribution < 1.29 is 27.4 Å². The molecule has 0 fully saturated rings. The smallest absolute Gasteiger partial charge is 0.446 e. The SMILES string of the molecule is [CH2]OC(=O)Nc1cccc(OC(F)(F)F)c1. The van der Waals surface area contributed by atoms with Crippen LogP contribution in [0.3, 0.4) is 0 Å². The van der Waals surface area contributed by atoms with Crippen molar-refractivity contribution in [1.29, 1.82) is 0 Å². The zero-order chi connectivity index (χ0) is 12.2. The first kappa shape index (κ1) is 12.2. The van der Waals surface area contributed by atoms with Crippen LogP contribution in [0.25, 0.3) is 0 Å². The van der Waals surface area contributed by atoms with Crippen molar-refractivity contribution in [3.05, 3.63) is 31.4 Å². The highest BCUT2D eigenvalue weighted by Crippen LogP contribution is 2.24. The fourth-order valence-corrected chi connectivity index (χ4v) is 0.925. The van der Waals surface area contributed by atoms with Crippen LogP contribution in [0.4, 0.5) is 23.7 Å². The van der Waals surface area contributed by atoms with Gasteiger partial charge in [-0.3, -0.25) is 5.32 Å². The molecule has 0 aliphatic carbocycles. The molecule has 0 aromatic heterocycles. The van der Waals surface area contributed by atoms with Gasteiger partial charge in [-0.1, -0.05) is 6.07 Å². The molecule has 0 atom stereocenters. The number of ether oxygens (including phenoxy) is 2. The van der Waals surface area contributed by atoms with Gasteiger partial charge in [-0.2, -0.15) is 0 Å². The number of amides is 1. The molecule has 7 heteroatoms.